The van der Waals surface area contributed by atoms with Gasteiger partial charge in [0.25, 0.3) is 0 Å². The van der Waals surface area contributed by atoms with Crippen LogP contribution in [0.4, 0.5) is 5.69 Å². The molecule has 24 heavy (non-hydrogen) atoms. The van der Waals surface area contributed by atoms with Crippen molar-refractivity contribution in [2.45, 2.75) is 20.5 Å². The molecule has 0 fully saturated rings. The minimum absolute atomic E-state index is 0.403. The van der Waals surface area contributed by atoms with Crippen LogP contribution in [0.3, 0.4) is 0 Å². The lowest BCUT2D eigenvalue weighted by Crippen LogP contribution is -2.18. The molecule has 130 valence electrons. The van der Waals surface area contributed by atoms with Crippen molar-refractivity contribution in [3.05, 3.63) is 47.7 Å². The van der Waals surface area contributed by atoms with E-state index in [1.807, 2.05) is 57.3 Å². The summed E-state index contributed by atoms with van der Waals surface area (Å²) in [5.41, 5.74) is 4.69. The third kappa shape index (κ3) is 6.13. The number of carbonyl (C=O) groups is 1. The first kappa shape index (κ1) is 19.2. The van der Waals surface area contributed by atoms with Crippen molar-refractivity contribution in [1.29, 1.82) is 0 Å². The van der Waals surface area contributed by atoms with Crippen LogP contribution in [0.25, 0.3) is 0 Å². The lowest BCUT2D eigenvalue weighted by atomic mass is 10.1. The van der Waals surface area contributed by atoms with Crippen LogP contribution >= 0.6 is 0 Å². The molecule has 0 saturated heterocycles. The van der Waals surface area contributed by atoms with Crippen molar-refractivity contribution >= 4 is 12.1 Å². The molecule has 0 spiro atoms. The van der Waals surface area contributed by atoms with Crippen LogP contribution < -0.4 is 26.1 Å². The molecule has 7 nitrogen and oxygen atoms in total. The fraction of sp³-hybridized carbons (Fsp3) is 0.294. The van der Waals surface area contributed by atoms with Gasteiger partial charge in [0.2, 0.25) is 12.3 Å². The number of pyridine rings is 1. The van der Waals surface area contributed by atoms with Crippen molar-refractivity contribution in [2.24, 2.45) is 5.84 Å². The fourth-order valence-electron chi connectivity index (χ4n) is 1.98. The Morgan fingerprint density at radius 3 is 2.50 bits per heavy atom. The molecule has 2 aromatic rings. The van der Waals surface area contributed by atoms with E-state index >= 15 is 0 Å². The topological polar surface area (TPSA) is 98.5 Å². The summed E-state index contributed by atoms with van der Waals surface area (Å²) in [4.78, 5) is 13.3. The highest BCUT2D eigenvalue weighted by Crippen LogP contribution is 2.27. The van der Waals surface area contributed by atoms with E-state index in [2.05, 4.69) is 16.1 Å². The summed E-state index contributed by atoms with van der Waals surface area (Å²) < 4.78 is 11.4. The van der Waals surface area contributed by atoms with Crippen LogP contribution in [0.15, 0.2) is 36.4 Å². The Hall–Kier alpha value is -2.80. The van der Waals surface area contributed by atoms with E-state index in [1.165, 1.54) is 0 Å². The highest BCUT2D eigenvalue weighted by molar-refractivity contribution is 5.57. The van der Waals surface area contributed by atoms with Gasteiger partial charge in [0.05, 0.1) is 12.2 Å². The number of carbonyl (C=O) groups excluding carboxylic acids is 1. The van der Waals surface area contributed by atoms with Gasteiger partial charge >= 0.3 is 0 Å². The van der Waals surface area contributed by atoms with Gasteiger partial charge in [-0.05, 0) is 32.0 Å². The molecule has 2 rings (SSSR count). The zero-order valence-corrected chi connectivity index (χ0v) is 14.2. The number of benzene rings is 1. The molecule has 4 N–H and O–H groups in total. The molecule has 7 heteroatoms. The van der Waals surface area contributed by atoms with Gasteiger partial charge < -0.3 is 14.8 Å². The zero-order chi connectivity index (χ0) is 17.8. The summed E-state index contributed by atoms with van der Waals surface area (Å²) in [5.74, 6) is 5.87. The van der Waals surface area contributed by atoms with Gasteiger partial charge in [0.1, 0.15) is 12.4 Å². The molecule has 0 aliphatic rings. The Labute approximate surface area is 142 Å². The molecule has 0 aliphatic carbocycles. The highest BCUT2D eigenvalue weighted by atomic mass is 16.5. The minimum atomic E-state index is 0.403. The van der Waals surface area contributed by atoms with Crippen LogP contribution in [0.2, 0.25) is 0 Å². The predicted octanol–water partition coefficient (Wildman–Crippen LogP) is 2.02. The first-order valence-electron chi connectivity index (χ1n) is 7.54. The summed E-state index contributed by atoms with van der Waals surface area (Å²) in [6, 6.07) is 11.7. The van der Waals surface area contributed by atoms with E-state index < -0.39 is 0 Å². The largest absolute Gasteiger partial charge is 0.493 e. The Morgan fingerprint density at radius 1 is 1.21 bits per heavy atom. The lowest BCUT2D eigenvalue weighted by Gasteiger charge is -2.15. The number of aromatic nitrogens is 1. The molecule has 1 aromatic carbocycles. The second-order valence-electron chi connectivity index (χ2n) is 4.66. The molecule has 1 heterocycles. The summed E-state index contributed by atoms with van der Waals surface area (Å²) in [7, 11) is 1.89. The van der Waals surface area contributed by atoms with Gasteiger partial charge in [-0.15, -0.1) is 0 Å². The second kappa shape index (κ2) is 10.8. The number of nitrogens with two attached hydrogens (primary N) is 1. The van der Waals surface area contributed by atoms with E-state index in [4.69, 9.17) is 14.3 Å². The van der Waals surface area contributed by atoms with Gasteiger partial charge in [0, 0.05) is 24.5 Å². The maximum absolute atomic E-state index is 8.94. The van der Waals surface area contributed by atoms with E-state index in [0.29, 0.717) is 25.5 Å². The van der Waals surface area contributed by atoms with Crippen LogP contribution in [-0.2, 0) is 11.4 Å². The van der Waals surface area contributed by atoms with Crippen LogP contribution in [-0.4, -0.2) is 25.0 Å². The summed E-state index contributed by atoms with van der Waals surface area (Å²) in [6.07, 6.45) is 0.403. The van der Waals surface area contributed by atoms with E-state index in [0.717, 1.165) is 22.7 Å². The third-order valence-electron chi connectivity index (χ3n) is 3.00. The van der Waals surface area contributed by atoms with Crippen molar-refractivity contribution in [2.75, 3.05) is 19.0 Å². The number of nitrogens with one attached hydrogen (secondary N) is 2. The van der Waals surface area contributed by atoms with Crippen molar-refractivity contribution < 1.29 is 14.3 Å². The van der Waals surface area contributed by atoms with Crippen molar-refractivity contribution in [1.82, 2.24) is 10.4 Å². The molecule has 0 aliphatic heterocycles. The standard InChI is InChI=1S/C16H20N2O2.CH4N2O/c1-4-19-15-9-6-8-14(17-3)13(15)11-20-16-10-5-7-12(2)18-16;2-3-1-4/h5-10,17H,4,11H2,1-3H3;1H,2H2,(H,3,4). The second-order valence-corrected chi connectivity index (χ2v) is 4.66. The maximum Gasteiger partial charge on any atom is 0.221 e. The SMILES string of the molecule is CCOc1cccc(NC)c1COc1cccc(C)n1.NNC=O. The summed E-state index contributed by atoms with van der Waals surface area (Å²) >= 11 is 0. The number of hydrazine groups is 1. The molecular weight excluding hydrogens is 308 g/mol. The number of hydrogen-bond acceptors (Lipinski definition) is 6. The minimum Gasteiger partial charge on any atom is -0.493 e. The zero-order valence-electron chi connectivity index (χ0n) is 14.2. The number of nitrogens with zero attached hydrogens (tertiary/aromatic N) is 1. The van der Waals surface area contributed by atoms with Gasteiger partial charge in [-0.2, -0.15) is 0 Å². The average molecular weight is 332 g/mol. The van der Waals surface area contributed by atoms with Crippen molar-refractivity contribution in [3.8, 4) is 11.6 Å². The number of ether oxygens (including phenoxy) is 2. The number of hydrogen-bond donors (Lipinski definition) is 3. The summed E-state index contributed by atoms with van der Waals surface area (Å²) in [6.45, 7) is 4.96. The molecule has 0 unspecified atom stereocenters. The molecule has 0 atom stereocenters. The Kier molecular flexibility index (Phi) is 8.70. The maximum atomic E-state index is 8.94. The Morgan fingerprint density at radius 2 is 1.92 bits per heavy atom. The van der Waals surface area contributed by atoms with Gasteiger partial charge in [-0.1, -0.05) is 12.1 Å². The number of aryl methyl sites for hydroxylation is 1. The van der Waals surface area contributed by atoms with E-state index in [9.17, 15) is 0 Å². The Balaban J connectivity index is 0.000000648. The number of anilines is 1. The number of amides is 1. The van der Waals surface area contributed by atoms with Crippen LogP contribution in [0.5, 0.6) is 11.6 Å². The third-order valence-corrected chi connectivity index (χ3v) is 3.00. The molecule has 0 saturated carbocycles. The van der Waals surface area contributed by atoms with E-state index in [1.54, 1.807) is 5.43 Å². The molecule has 1 aromatic heterocycles. The van der Waals surface area contributed by atoms with E-state index in [-0.39, 0.29) is 0 Å². The molecule has 0 bridgehead atoms. The van der Waals surface area contributed by atoms with Gasteiger partial charge in [-0.3, -0.25) is 10.2 Å². The predicted molar refractivity (Wildman–Crippen MR) is 93.9 cm³/mol. The van der Waals surface area contributed by atoms with Crippen molar-refractivity contribution in [3.63, 3.8) is 0 Å². The monoisotopic (exact) mass is 332 g/mol. The van der Waals surface area contributed by atoms with Gasteiger partial charge in [-0.25, -0.2) is 10.8 Å². The normalized spacial score (nSPS) is 9.33. The fourth-order valence-corrected chi connectivity index (χ4v) is 1.98. The number of rotatable bonds is 7. The average Bonchev–Trinajstić information content (AvgIpc) is 2.61. The molecule has 0 radical (unpaired) electrons. The first-order chi connectivity index (χ1) is 11.7. The lowest BCUT2D eigenvalue weighted by molar-refractivity contribution is -0.109. The Bertz CT molecular complexity index is 635. The van der Waals surface area contributed by atoms with Gasteiger partial charge in [0.15, 0.2) is 0 Å². The molecular formula is C17H24N4O3. The van der Waals surface area contributed by atoms with Crippen LogP contribution in [0, 0.1) is 6.92 Å². The quantitative estimate of drug-likeness (QED) is 0.310. The summed E-state index contributed by atoms with van der Waals surface area (Å²) in [5, 5.41) is 3.16. The first-order valence-corrected chi connectivity index (χ1v) is 7.54. The smallest absolute Gasteiger partial charge is 0.221 e. The molecule has 1 amide bonds. The van der Waals surface area contributed by atoms with Crippen LogP contribution in [0.1, 0.15) is 18.2 Å². The highest BCUT2D eigenvalue weighted by Gasteiger charge is 2.10.